The highest BCUT2D eigenvalue weighted by atomic mass is 31.2. The zero-order chi connectivity index (χ0) is 21.0. The maximum absolute atomic E-state index is 12.1. The van der Waals surface area contributed by atoms with Crippen molar-refractivity contribution < 1.29 is 38.2 Å². The summed E-state index contributed by atoms with van der Waals surface area (Å²) in [6, 6.07) is 2.93. The van der Waals surface area contributed by atoms with E-state index in [1.54, 1.807) is 0 Å². The van der Waals surface area contributed by atoms with Gasteiger partial charge < -0.3 is 34.9 Å². The van der Waals surface area contributed by atoms with E-state index >= 15 is 0 Å². The number of hydrogen-bond donors (Lipinski definition) is 6. The molecule has 0 spiro atoms. The van der Waals surface area contributed by atoms with Crippen molar-refractivity contribution in [3.8, 4) is 0 Å². The minimum atomic E-state index is -4.87. The maximum atomic E-state index is 12.1. The molecule has 0 amide bonds. The van der Waals surface area contributed by atoms with E-state index in [4.69, 9.17) is 24.7 Å². The zero-order valence-corrected chi connectivity index (χ0v) is 15.3. The van der Waals surface area contributed by atoms with Crippen molar-refractivity contribution in [2.45, 2.75) is 24.0 Å². The molecule has 1 aliphatic heterocycles. The molecule has 156 valence electrons. The van der Waals surface area contributed by atoms with Crippen LogP contribution in [0.5, 0.6) is 0 Å². The molecule has 3 aromatic heterocycles. The Morgan fingerprint density at radius 3 is 2.83 bits per heavy atom. The van der Waals surface area contributed by atoms with E-state index in [1.807, 2.05) is 0 Å². The van der Waals surface area contributed by atoms with E-state index in [2.05, 4.69) is 19.5 Å². The van der Waals surface area contributed by atoms with Gasteiger partial charge in [-0.05, 0) is 12.1 Å². The van der Waals surface area contributed by atoms with E-state index in [1.165, 1.54) is 18.4 Å². The summed E-state index contributed by atoms with van der Waals surface area (Å²) in [7, 11) is -4.87. The number of aromatic amines is 1. The van der Waals surface area contributed by atoms with Gasteiger partial charge in [-0.25, -0.2) is 9.55 Å². The fourth-order valence-corrected chi connectivity index (χ4v) is 3.62. The fraction of sp³-hybridized carbons (Fsp3) is 0.357. The molecule has 4 heterocycles. The van der Waals surface area contributed by atoms with E-state index in [0.717, 1.165) is 10.9 Å². The van der Waals surface area contributed by atoms with E-state index in [-0.39, 0.29) is 22.9 Å². The molecular formula is C14H16N5O9P. The molecule has 3 aromatic rings. The molecule has 7 N–H and O–H groups in total. The summed E-state index contributed by atoms with van der Waals surface area (Å²) in [6.45, 7) is -0.742. The fourth-order valence-electron chi connectivity index (χ4n) is 3.28. The number of nitrogens with two attached hydrogens (primary N) is 1. The van der Waals surface area contributed by atoms with Gasteiger partial charge in [0.15, 0.2) is 16.9 Å². The van der Waals surface area contributed by atoms with Crippen LogP contribution in [0.3, 0.4) is 0 Å². The summed E-state index contributed by atoms with van der Waals surface area (Å²) in [5, 5.41) is 21.3. The Labute approximate surface area is 160 Å². The van der Waals surface area contributed by atoms with Crippen LogP contribution < -0.4 is 11.3 Å². The first-order chi connectivity index (χ1) is 13.6. The van der Waals surface area contributed by atoms with Gasteiger partial charge >= 0.3 is 7.82 Å². The van der Waals surface area contributed by atoms with Crippen LogP contribution in [0, 0.1) is 0 Å². The molecule has 1 saturated heterocycles. The van der Waals surface area contributed by atoms with Crippen molar-refractivity contribution in [3.05, 3.63) is 40.8 Å². The number of fused-ring (bicyclic) bond motifs is 1. The first-order valence-corrected chi connectivity index (χ1v) is 9.68. The highest BCUT2D eigenvalue weighted by Gasteiger charge is 2.59. The van der Waals surface area contributed by atoms with Crippen LogP contribution in [0.1, 0.15) is 5.76 Å². The monoisotopic (exact) mass is 429 g/mol. The summed E-state index contributed by atoms with van der Waals surface area (Å²) in [5.41, 5.74) is 2.79. The van der Waals surface area contributed by atoms with Gasteiger partial charge in [0.25, 0.3) is 5.56 Å². The van der Waals surface area contributed by atoms with Crippen LogP contribution >= 0.6 is 7.82 Å². The van der Waals surface area contributed by atoms with Gasteiger partial charge in [0.2, 0.25) is 11.7 Å². The van der Waals surface area contributed by atoms with Gasteiger partial charge in [0.05, 0.1) is 12.9 Å². The number of H-pyrrole nitrogens is 1. The summed E-state index contributed by atoms with van der Waals surface area (Å²) in [5.74, 6) is -0.226. The predicted octanol–water partition coefficient (Wildman–Crippen LogP) is -1.77. The van der Waals surface area contributed by atoms with Gasteiger partial charge in [-0.15, -0.1) is 0 Å². The number of anilines is 1. The van der Waals surface area contributed by atoms with Gasteiger partial charge in [-0.1, -0.05) is 0 Å². The number of ether oxygens (including phenoxy) is 1. The molecule has 0 bridgehead atoms. The number of hydrogen-bond acceptors (Lipinski definition) is 10. The van der Waals surface area contributed by atoms with Gasteiger partial charge in [0.1, 0.15) is 24.6 Å². The molecule has 14 nitrogen and oxygen atoms in total. The van der Waals surface area contributed by atoms with Crippen LogP contribution in [0.4, 0.5) is 5.95 Å². The Kier molecular flexibility index (Phi) is 4.59. The Morgan fingerprint density at radius 1 is 1.41 bits per heavy atom. The number of phosphoric acid groups is 1. The SMILES string of the molecule is Nc1nc2c(ncn2[C@]2(c3ccco3)O[C@H](COP(=O)(O)O)[C@@H](O)[C@H]2O)c(=O)[nH]1. The van der Waals surface area contributed by atoms with Crippen LogP contribution in [-0.4, -0.2) is 64.4 Å². The number of rotatable bonds is 5. The molecule has 4 rings (SSSR count). The quantitative estimate of drug-likeness (QED) is 0.248. The average Bonchev–Trinajstić information content (AvgIpc) is 3.34. The molecule has 15 heteroatoms. The van der Waals surface area contributed by atoms with Crippen molar-refractivity contribution in [1.29, 1.82) is 0 Å². The third kappa shape index (κ3) is 3.16. The lowest BCUT2D eigenvalue weighted by Gasteiger charge is -2.31. The topological polar surface area (TPSA) is 219 Å². The lowest BCUT2D eigenvalue weighted by molar-refractivity contribution is -0.126. The molecule has 0 radical (unpaired) electrons. The smallest absolute Gasteiger partial charge is 0.464 e. The highest BCUT2D eigenvalue weighted by Crippen LogP contribution is 2.44. The second kappa shape index (κ2) is 6.74. The van der Waals surface area contributed by atoms with Gasteiger partial charge in [0, 0.05) is 0 Å². The van der Waals surface area contributed by atoms with Crippen LogP contribution in [-0.2, 0) is 19.6 Å². The van der Waals surface area contributed by atoms with Crippen molar-refractivity contribution in [1.82, 2.24) is 19.5 Å². The van der Waals surface area contributed by atoms with E-state index in [0.29, 0.717) is 0 Å². The standard InChI is InChI=1S/C14H16N5O9P/c15-13-17-11-8(12(22)18-13)16-5-19(11)14(7-2-1-3-26-7)10(21)9(20)6(28-14)4-27-29(23,24)25/h1-3,5-6,9-10,20-21H,4H2,(H2,23,24,25)(H3,15,17,18,22)/t6-,9-,10-,14-/m1/s1. The Morgan fingerprint density at radius 2 is 2.17 bits per heavy atom. The molecule has 1 aliphatic rings. The minimum absolute atomic E-state index is 0.00248. The van der Waals surface area contributed by atoms with Crippen LogP contribution in [0.2, 0.25) is 0 Å². The normalized spacial score (nSPS) is 27.7. The minimum Gasteiger partial charge on any atom is -0.464 e. The maximum Gasteiger partial charge on any atom is 0.469 e. The molecule has 0 aliphatic carbocycles. The number of aromatic nitrogens is 4. The molecule has 1 fully saturated rings. The van der Waals surface area contributed by atoms with E-state index in [9.17, 15) is 19.6 Å². The molecule has 0 aromatic carbocycles. The first kappa shape index (κ1) is 19.7. The number of imidazole rings is 1. The Bertz CT molecular complexity index is 1140. The summed E-state index contributed by atoms with van der Waals surface area (Å²) in [4.78, 5) is 40.2. The third-order valence-electron chi connectivity index (χ3n) is 4.50. The number of phosphoric ester groups is 1. The van der Waals surface area contributed by atoms with Crippen molar-refractivity contribution in [2.75, 3.05) is 12.3 Å². The third-order valence-corrected chi connectivity index (χ3v) is 4.99. The van der Waals surface area contributed by atoms with Crippen molar-refractivity contribution in [2.24, 2.45) is 0 Å². The van der Waals surface area contributed by atoms with E-state index < -0.39 is 44.0 Å². The average molecular weight is 429 g/mol. The Balaban J connectivity index is 1.88. The molecule has 4 atom stereocenters. The second-order valence-electron chi connectivity index (χ2n) is 6.29. The second-order valence-corrected chi connectivity index (χ2v) is 7.53. The van der Waals surface area contributed by atoms with Crippen molar-refractivity contribution >= 4 is 24.9 Å². The first-order valence-electron chi connectivity index (χ1n) is 8.15. The summed E-state index contributed by atoms with van der Waals surface area (Å²) in [6.07, 6.45) is -2.33. The molecule has 0 unspecified atom stereocenters. The molecular weight excluding hydrogens is 413 g/mol. The number of nitrogens with zero attached hydrogens (tertiary/aromatic N) is 3. The predicted molar refractivity (Wildman–Crippen MR) is 93.2 cm³/mol. The zero-order valence-electron chi connectivity index (χ0n) is 14.4. The van der Waals surface area contributed by atoms with Gasteiger partial charge in [-0.2, -0.15) is 4.98 Å². The summed E-state index contributed by atoms with van der Waals surface area (Å²) < 4.78 is 27.8. The number of nitrogen functional groups attached to an aromatic ring is 1. The Hall–Kier alpha value is -2.58. The lowest BCUT2D eigenvalue weighted by Crippen LogP contribution is -2.46. The number of aliphatic hydroxyl groups is 2. The molecule has 29 heavy (non-hydrogen) atoms. The van der Waals surface area contributed by atoms with Crippen LogP contribution in [0.25, 0.3) is 11.2 Å². The van der Waals surface area contributed by atoms with Gasteiger partial charge in [-0.3, -0.25) is 18.9 Å². The molecule has 0 saturated carbocycles. The largest absolute Gasteiger partial charge is 0.469 e. The summed E-state index contributed by atoms with van der Waals surface area (Å²) >= 11 is 0. The number of furan rings is 1. The lowest BCUT2D eigenvalue weighted by atomic mass is 10.00. The van der Waals surface area contributed by atoms with Crippen LogP contribution in [0.15, 0.2) is 33.9 Å². The van der Waals surface area contributed by atoms with Crippen molar-refractivity contribution in [3.63, 3.8) is 0 Å². The number of aliphatic hydroxyl groups excluding tert-OH is 2. The highest BCUT2D eigenvalue weighted by molar-refractivity contribution is 7.46. The number of nitrogens with one attached hydrogen (secondary N) is 1.